The lowest BCUT2D eigenvalue weighted by Crippen LogP contribution is -2.33. The quantitative estimate of drug-likeness (QED) is 0.714. The van der Waals surface area contributed by atoms with Crippen LogP contribution < -0.4 is 5.73 Å². The highest BCUT2D eigenvalue weighted by Gasteiger charge is 2.17. The Hall–Kier alpha value is -0.260. The van der Waals surface area contributed by atoms with Crippen molar-refractivity contribution < 1.29 is 14.3 Å². The van der Waals surface area contributed by atoms with Gasteiger partial charge in [-0.15, -0.1) is 0 Å². The van der Waals surface area contributed by atoms with E-state index < -0.39 is 6.04 Å². The molecule has 0 aromatic rings. The summed E-state index contributed by atoms with van der Waals surface area (Å²) in [5.74, 6) is 0.608. The summed E-state index contributed by atoms with van der Waals surface area (Å²) >= 11 is 1.85. The number of ether oxygens (including phenoxy) is 2. The van der Waals surface area contributed by atoms with E-state index in [1.807, 2.05) is 11.8 Å². The van der Waals surface area contributed by atoms with E-state index in [1.165, 1.54) is 6.42 Å². The molecular weight excluding hydrogens is 226 g/mol. The summed E-state index contributed by atoms with van der Waals surface area (Å²) in [6.45, 7) is 3.91. The highest BCUT2D eigenvalue weighted by molar-refractivity contribution is 7.99. The first-order valence-electron chi connectivity index (χ1n) is 5.85. The lowest BCUT2D eigenvalue weighted by molar-refractivity contribution is -0.144. The molecule has 1 fully saturated rings. The van der Waals surface area contributed by atoms with Crippen LogP contribution in [0.1, 0.15) is 26.2 Å². The highest BCUT2D eigenvalue weighted by Crippen LogP contribution is 2.21. The molecule has 0 aromatic heterocycles. The fraction of sp³-hybridized carbons (Fsp3) is 0.909. The van der Waals surface area contributed by atoms with E-state index in [0.717, 1.165) is 25.4 Å². The number of hydrogen-bond acceptors (Lipinski definition) is 5. The van der Waals surface area contributed by atoms with Crippen molar-refractivity contribution in [1.29, 1.82) is 0 Å². The van der Waals surface area contributed by atoms with Crippen LogP contribution in [0, 0.1) is 0 Å². The predicted octanol–water partition coefficient (Wildman–Crippen LogP) is 1.18. The van der Waals surface area contributed by atoms with Crippen molar-refractivity contribution in [2.24, 2.45) is 5.73 Å². The molecule has 16 heavy (non-hydrogen) atoms. The highest BCUT2D eigenvalue weighted by atomic mass is 32.2. The van der Waals surface area contributed by atoms with Gasteiger partial charge in [0.25, 0.3) is 0 Å². The smallest absolute Gasteiger partial charge is 0.322 e. The van der Waals surface area contributed by atoms with Gasteiger partial charge in [-0.2, -0.15) is 11.8 Å². The number of esters is 1. The van der Waals surface area contributed by atoms with Gasteiger partial charge in [0.2, 0.25) is 0 Å². The third kappa shape index (κ3) is 5.18. The van der Waals surface area contributed by atoms with Crippen LogP contribution in [-0.4, -0.2) is 42.8 Å². The molecule has 0 aliphatic carbocycles. The molecule has 0 amide bonds. The van der Waals surface area contributed by atoms with Gasteiger partial charge in [-0.25, -0.2) is 0 Å². The molecule has 1 rings (SSSR count). The minimum absolute atomic E-state index is 0.289. The second kappa shape index (κ2) is 7.92. The molecule has 1 heterocycles. The molecule has 0 bridgehead atoms. The van der Waals surface area contributed by atoms with Gasteiger partial charge in [0.05, 0.1) is 13.2 Å². The standard InChI is InChI=1S/C11H21NO3S/c1-2-15-11(13)10(12)5-7-16-9-4-3-6-14-8-9/h9-10H,2-8,12H2,1H3. The largest absolute Gasteiger partial charge is 0.465 e. The Morgan fingerprint density at radius 1 is 1.69 bits per heavy atom. The number of carbonyl (C=O) groups excluding carboxylic acids is 1. The second-order valence-corrected chi connectivity index (χ2v) is 5.27. The van der Waals surface area contributed by atoms with Gasteiger partial charge in [-0.1, -0.05) is 0 Å². The predicted molar refractivity (Wildman–Crippen MR) is 65.5 cm³/mol. The molecule has 2 N–H and O–H groups in total. The zero-order valence-corrected chi connectivity index (χ0v) is 10.6. The first-order valence-corrected chi connectivity index (χ1v) is 6.90. The third-order valence-corrected chi connectivity index (χ3v) is 3.80. The molecule has 1 saturated heterocycles. The normalized spacial score (nSPS) is 22.8. The number of nitrogens with two attached hydrogens (primary N) is 1. The lowest BCUT2D eigenvalue weighted by atomic mass is 10.2. The number of carbonyl (C=O) groups is 1. The second-order valence-electron chi connectivity index (χ2n) is 3.86. The molecule has 1 aliphatic rings. The first-order chi connectivity index (χ1) is 7.74. The van der Waals surface area contributed by atoms with Crippen LogP contribution in [0.4, 0.5) is 0 Å². The van der Waals surface area contributed by atoms with Gasteiger partial charge in [0, 0.05) is 11.9 Å². The number of thioether (sulfide) groups is 1. The molecule has 5 heteroatoms. The molecule has 1 aliphatic heterocycles. The zero-order chi connectivity index (χ0) is 11.8. The molecule has 0 saturated carbocycles. The van der Waals surface area contributed by atoms with Crippen molar-refractivity contribution in [3.05, 3.63) is 0 Å². The third-order valence-electron chi connectivity index (χ3n) is 2.49. The van der Waals surface area contributed by atoms with Crippen molar-refractivity contribution >= 4 is 17.7 Å². The molecule has 0 radical (unpaired) electrons. The van der Waals surface area contributed by atoms with Crippen LogP contribution in [-0.2, 0) is 14.3 Å². The summed E-state index contributed by atoms with van der Waals surface area (Å²) in [4.78, 5) is 11.2. The van der Waals surface area contributed by atoms with E-state index in [9.17, 15) is 4.79 Å². The Kier molecular flexibility index (Phi) is 6.84. The summed E-state index contributed by atoms with van der Waals surface area (Å²) in [6.07, 6.45) is 3.03. The topological polar surface area (TPSA) is 61.5 Å². The summed E-state index contributed by atoms with van der Waals surface area (Å²) in [6, 6.07) is -0.475. The van der Waals surface area contributed by atoms with Crippen LogP contribution in [0.2, 0.25) is 0 Å². The Morgan fingerprint density at radius 2 is 2.50 bits per heavy atom. The molecule has 2 atom stereocenters. The number of rotatable bonds is 6. The molecule has 4 nitrogen and oxygen atoms in total. The summed E-state index contributed by atoms with van der Waals surface area (Å²) in [5.41, 5.74) is 5.70. The van der Waals surface area contributed by atoms with Gasteiger partial charge < -0.3 is 15.2 Å². The Morgan fingerprint density at radius 3 is 3.12 bits per heavy atom. The van der Waals surface area contributed by atoms with E-state index in [4.69, 9.17) is 15.2 Å². The summed E-state index contributed by atoms with van der Waals surface area (Å²) in [5, 5.41) is 0.572. The molecule has 0 aromatic carbocycles. The van der Waals surface area contributed by atoms with E-state index in [1.54, 1.807) is 6.92 Å². The monoisotopic (exact) mass is 247 g/mol. The minimum atomic E-state index is -0.475. The Bertz CT molecular complexity index is 207. The maximum atomic E-state index is 11.2. The maximum absolute atomic E-state index is 11.2. The van der Waals surface area contributed by atoms with E-state index in [2.05, 4.69) is 0 Å². The SMILES string of the molecule is CCOC(=O)C(N)CCSC1CCCOC1. The maximum Gasteiger partial charge on any atom is 0.322 e. The average Bonchev–Trinajstić information content (AvgIpc) is 2.30. The van der Waals surface area contributed by atoms with Gasteiger partial charge in [0.1, 0.15) is 6.04 Å². The summed E-state index contributed by atoms with van der Waals surface area (Å²) in [7, 11) is 0. The van der Waals surface area contributed by atoms with Crippen LogP contribution >= 0.6 is 11.8 Å². The lowest BCUT2D eigenvalue weighted by Gasteiger charge is -2.21. The first kappa shape index (κ1) is 13.8. The summed E-state index contributed by atoms with van der Waals surface area (Å²) < 4.78 is 10.2. The van der Waals surface area contributed by atoms with Gasteiger partial charge in [-0.05, 0) is 31.9 Å². The number of hydrogen-bond donors (Lipinski definition) is 1. The average molecular weight is 247 g/mol. The molecular formula is C11H21NO3S. The van der Waals surface area contributed by atoms with Gasteiger partial charge in [0.15, 0.2) is 0 Å². The molecule has 2 unspecified atom stereocenters. The Labute approximate surface area is 101 Å². The van der Waals surface area contributed by atoms with Gasteiger partial charge in [-0.3, -0.25) is 4.79 Å². The van der Waals surface area contributed by atoms with Gasteiger partial charge >= 0.3 is 5.97 Å². The fourth-order valence-corrected chi connectivity index (χ4v) is 2.82. The van der Waals surface area contributed by atoms with Crippen LogP contribution in [0.25, 0.3) is 0 Å². The van der Waals surface area contributed by atoms with Crippen molar-refractivity contribution in [2.45, 2.75) is 37.5 Å². The van der Waals surface area contributed by atoms with E-state index in [-0.39, 0.29) is 5.97 Å². The van der Waals surface area contributed by atoms with Crippen LogP contribution in [0.15, 0.2) is 0 Å². The fourth-order valence-electron chi connectivity index (χ4n) is 1.57. The van der Waals surface area contributed by atoms with Crippen molar-refractivity contribution in [3.8, 4) is 0 Å². The molecule has 94 valence electrons. The minimum Gasteiger partial charge on any atom is -0.465 e. The van der Waals surface area contributed by atoms with Crippen molar-refractivity contribution in [1.82, 2.24) is 0 Å². The van der Waals surface area contributed by atoms with Crippen LogP contribution in [0.3, 0.4) is 0 Å². The van der Waals surface area contributed by atoms with E-state index >= 15 is 0 Å². The van der Waals surface area contributed by atoms with Crippen molar-refractivity contribution in [2.75, 3.05) is 25.6 Å². The van der Waals surface area contributed by atoms with Crippen molar-refractivity contribution in [3.63, 3.8) is 0 Å². The van der Waals surface area contributed by atoms with Crippen LogP contribution in [0.5, 0.6) is 0 Å². The van der Waals surface area contributed by atoms with E-state index in [0.29, 0.717) is 18.3 Å². The Balaban J connectivity index is 2.07. The molecule has 0 spiro atoms. The zero-order valence-electron chi connectivity index (χ0n) is 9.81.